The molecule has 20 heavy (non-hydrogen) atoms. The Labute approximate surface area is 127 Å². The molecule has 0 bridgehead atoms. The number of carbonyl (C=O) groups is 1. The summed E-state index contributed by atoms with van der Waals surface area (Å²) in [4.78, 5) is 14.3. The lowest BCUT2D eigenvalue weighted by molar-refractivity contribution is 0.0916. The summed E-state index contributed by atoms with van der Waals surface area (Å²) < 4.78 is 0. The summed E-state index contributed by atoms with van der Waals surface area (Å²) in [6.45, 7) is 3.73. The molecule has 0 aliphatic rings. The lowest BCUT2D eigenvalue weighted by Crippen LogP contribution is -2.30. The van der Waals surface area contributed by atoms with E-state index in [1.54, 1.807) is 35.6 Å². The molecule has 1 unspecified atom stereocenters. The van der Waals surface area contributed by atoms with Gasteiger partial charge in [0.05, 0.1) is 18.2 Å². The van der Waals surface area contributed by atoms with E-state index in [-0.39, 0.29) is 12.5 Å². The Hall–Kier alpha value is -1.36. The fraction of sp³-hybridized carbons (Fsp3) is 0.267. The fourth-order valence-electron chi connectivity index (χ4n) is 2.02. The Morgan fingerprint density at radius 3 is 2.50 bits per heavy atom. The average molecular weight is 310 g/mol. The monoisotopic (exact) mass is 309 g/mol. The topological polar surface area (TPSA) is 49.3 Å². The van der Waals surface area contributed by atoms with Gasteiger partial charge in [-0.3, -0.25) is 4.79 Å². The van der Waals surface area contributed by atoms with Crippen molar-refractivity contribution >= 4 is 28.8 Å². The predicted octanol–water partition coefficient (Wildman–Crippen LogP) is 3.48. The van der Waals surface area contributed by atoms with Crippen molar-refractivity contribution in [1.82, 2.24) is 5.32 Å². The van der Waals surface area contributed by atoms with E-state index in [0.29, 0.717) is 10.6 Å². The number of hydrogen-bond donors (Lipinski definition) is 2. The van der Waals surface area contributed by atoms with Gasteiger partial charge in [0.15, 0.2) is 0 Å². The first-order valence-corrected chi connectivity index (χ1v) is 7.45. The lowest BCUT2D eigenvalue weighted by Gasteiger charge is -2.16. The van der Waals surface area contributed by atoms with Crippen molar-refractivity contribution in [3.63, 3.8) is 0 Å². The number of aliphatic hydroxyl groups excluding tert-OH is 1. The number of rotatable bonds is 4. The van der Waals surface area contributed by atoms with Crippen molar-refractivity contribution in [2.75, 3.05) is 6.61 Å². The number of aliphatic hydroxyl groups is 1. The summed E-state index contributed by atoms with van der Waals surface area (Å²) in [5.74, 6) is -0.166. The SMILES string of the molecule is Cc1cc(C(=O)NC(CO)c2ccc(Cl)cc2)c(C)s1. The summed E-state index contributed by atoms with van der Waals surface area (Å²) in [5.41, 5.74) is 1.50. The molecule has 2 rings (SSSR count). The van der Waals surface area contributed by atoms with E-state index < -0.39 is 6.04 Å². The predicted molar refractivity (Wildman–Crippen MR) is 82.5 cm³/mol. The molecule has 0 saturated heterocycles. The first-order chi connectivity index (χ1) is 9.51. The quantitative estimate of drug-likeness (QED) is 0.908. The molecule has 0 radical (unpaired) electrons. The van der Waals surface area contributed by atoms with Crippen molar-refractivity contribution in [3.8, 4) is 0 Å². The number of carbonyl (C=O) groups excluding carboxylic acids is 1. The zero-order valence-corrected chi connectivity index (χ0v) is 12.9. The summed E-state index contributed by atoms with van der Waals surface area (Å²) in [6.07, 6.45) is 0. The number of hydrogen-bond acceptors (Lipinski definition) is 3. The van der Waals surface area contributed by atoms with Crippen LogP contribution in [0, 0.1) is 13.8 Å². The van der Waals surface area contributed by atoms with Gasteiger partial charge in [-0.05, 0) is 37.6 Å². The summed E-state index contributed by atoms with van der Waals surface area (Å²) in [6, 6.07) is 8.52. The fourth-order valence-corrected chi connectivity index (χ4v) is 3.07. The van der Waals surface area contributed by atoms with E-state index in [2.05, 4.69) is 5.32 Å². The zero-order valence-electron chi connectivity index (χ0n) is 11.3. The standard InChI is InChI=1S/C15H16ClNO2S/c1-9-7-13(10(2)20-9)15(19)17-14(8-18)11-3-5-12(16)6-4-11/h3-7,14,18H,8H2,1-2H3,(H,17,19). The summed E-state index contributed by atoms with van der Waals surface area (Å²) >= 11 is 7.43. The zero-order chi connectivity index (χ0) is 14.7. The second kappa shape index (κ2) is 6.39. The third-order valence-electron chi connectivity index (χ3n) is 3.05. The van der Waals surface area contributed by atoms with E-state index in [1.165, 1.54) is 0 Å². The van der Waals surface area contributed by atoms with Crippen LogP contribution < -0.4 is 5.32 Å². The van der Waals surface area contributed by atoms with E-state index >= 15 is 0 Å². The van der Waals surface area contributed by atoms with Crippen molar-refractivity contribution < 1.29 is 9.90 Å². The smallest absolute Gasteiger partial charge is 0.252 e. The second-order valence-electron chi connectivity index (χ2n) is 4.59. The van der Waals surface area contributed by atoms with Crippen molar-refractivity contribution in [2.24, 2.45) is 0 Å². The molecule has 3 nitrogen and oxygen atoms in total. The van der Waals surface area contributed by atoms with Crippen LogP contribution in [0.1, 0.15) is 31.7 Å². The molecule has 0 saturated carbocycles. The molecule has 2 aromatic rings. The summed E-state index contributed by atoms with van der Waals surface area (Å²) in [7, 11) is 0. The number of nitrogens with one attached hydrogen (secondary N) is 1. The first-order valence-electron chi connectivity index (χ1n) is 6.25. The molecule has 1 amide bonds. The molecule has 0 spiro atoms. The molecular weight excluding hydrogens is 294 g/mol. The van der Waals surface area contributed by atoms with Crippen molar-refractivity contribution in [2.45, 2.75) is 19.9 Å². The van der Waals surface area contributed by atoms with Gasteiger partial charge in [-0.1, -0.05) is 23.7 Å². The normalized spacial score (nSPS) is 12.2. The number of amides is 1. The Balaban J connectivity index is 2.16. The minimum Gasteiger partial charge on any atom is -0.394 e. The van der Waals surface area contributed by atoms with E-state index in [1.807, 2.05) is 19.9 Å². The Kier molecular flexibility index (Phi) is 4.81. The van der Waals surface area contributed by atoms with Gasteiger partial charge in [0.2, 0.25) is 0 Å². The van der Waals surface area contributed by atoms with E-state index in [4.69, 9.17) is 11.6 Å². The van der Waals surface area contributed by atoms with Crippen LogP contribution in [0.3, 0.4) is 0 Å². The van der Waals surface area contributed by atoms with Crippen LogP contribution in [0.25, 0.3) is 0 Å². The van der Waals surface area contributed by atoms with E-state index in [0.717, 1.165) is 15.3 Å². The highest BCUT2D eigenvalue weighted by Gasteiger charge is 2.17. The summed E-state index contributed by atoms with van der Waals surface area (Å²) in [5, 5.41) is 12.9. The Morgan fingerprint density at radius 2 is 2.00 bits per heavy atom. The highest BCUT2D eigenvalue weighted by atomic mass is 35.5. The van der Waals surface area contributed by atoms with Gasteiger partial charge in [0, 0.05) is 14.8 Å². The number of aryl methyl sites for hydroxylation is 2. The Morgan fingerprint density at radius 1 is 1.35 bits per heavy atom. The van der Waals surface area contributed by atoms with E-state index in [9.17, 15) is 9.90 Å². The molecule has 0 fully saturated rings. The van der Waals surface area contributed by atoms with Crippen LogP contribution in [0.4, 0.5) is 0 Å². The molecule has 1 heterocycles. The van der Waals surface area contributed by atoms with Crippen molar-refractivity contribution in [3.05, 3.63) is 56.2 Å². The molecule has 0 aliphatic heterocycles. The maximum Gasteiger partial charge on any atom is 0.252 e. The van der Waals surface area contributed by atoms with Gasteiger partial charge in [0.25, 0.3) is 5.91 Å². The van der Waals surface area contributed by atoms with Gasteiger partial charge in [0.1, 0.15) is 0 Å². The largest absolute Gasteiger partial charge is 0.394 e. The van der Waals surface area contributed by atoms with Gasteiger partial charge < -0.3 is 10.4 Å². The highest BCUT2D eigenvalue weighted by molar-refractivity contribution is 7.12. The second-order valence-corrected chi connectivity index (χ2v) is 6.48. The number of halogens is 1. The first kappa shape index (κ1) is 15.0. The lowest BCUT2D eigenvalue weighted by atomic mass is 10.1. The highest BCUT2D eigenvalue weighted by Crippen LogP contribution is 2.22. The molecule has 1 aromatic carbocycles. The molecule has 1 aromatic heterocycles. The number of thiophene rings is 1. The van der Waals surface area contributed by atoms with Crippen LogP contribution in [0.5, 0.6) is 0 Å². The molecule has 5 heteroatoms. The molecule has 0 aliphatic carbocycles. The molecule has 1 atom stereocenters. The van der Waals surface area contributed by atoms with Gasteiger partial charge in [-0.15, -0.1) is 11.3 Å². The maximum absolute atomic E-state index is 12.2. The van der Waals surface area contributed by atoms with Crippen LogP contribution >= 0.6 is 22.9 Å². The number of benzene rings is 1. The van der Waals surface area contributed by atoms with Crippen LogP contribution in [0.2, 0.25) is 5.02 Å². The average Bonchev–Trinajstić information content (AvgIpc) is 2.76. The molecular formula is C15H16ClNO2S. The third kappa shape index (κ3) is 3.39. The minimum absolute atomic E-state index is 0.157. The van der Waals surface area contributed by atoms with Crippen LogP contribution in [-0.2, 0) is 0 Å². The maximum atomic E-state index is 12.2. The van der Waals surface area contributed by atoms with Crippen LogP contribution in [0.15, 0.2) is 30.3 Å². The molecule has 2 N–H and O–H groups in total. The van der Waals surface area contributed by atoms with Gasteiger partial charge in [-0.25, -0.2) is 0 Å². The van der Waals surface area contributed by atoms with Crippen LogP contribution in [-0.4, -0.2) is 17.6 Å². The van der Waals surface area contributed by atoms with Crippen molar-refractivity contribution in [1.29, 1.82) is 0 Å². The molecule has 106 valence electrons. The minimum atomic E-state index is -0.431. The third-order valence-corrected chi connectivity index (χ3v) is 4.26. The Bertz CT molecular complexity index is 607. The van der Waals surface area contributed by atoms with Gasteiger partial charge >= 0.3 is 0 Å². The van der Waals surface area contributed by atoms with Gasteiger partial charge in [-0.2, -0.15) is 0 Å².